The Labute approximate surface area is 209 Å². The zero-order valence-corrected chi connectivity index (χ0v) is 20.3. The fraction of sp³-hybridized carbons (Fsp3) is 0.240. The second kappa shape index (κ2) is 8.16. The molecule has 1 aliphatic carbocycles. The third-order valence-electron chi connectivity index (χ3n) is 6.88. The van der Waals surface area contributed by atoms with Gasteiger partial charge in [0.05, 0.1) is 10.9 Å². The fourth-order valence-electron chi connectivity index (χ4n) is 5.20. The van der Waals surface area contributed by atoms with E-state index in [4.69, 9.17) is 5.73 Å². The number of nitrogens with two attached hydrogens (primary N) is 1. The summed E-state index contributed by atoms with van der Waals surface area (Å²) in [6, 6.07) is 10.7. The summed E-state index contributed by atoms with van der Waals surface area (Å²) in [6.07, 6.45) is 4.74. The number of nitrogen functional groups attached to an aromatic ring is 1. The zero-order chi connectivity index (χ0) is 24.3. The summed E-state index contributed by atoms with van der Waals surface area (Å²) in [4.78, 5) is 41.4. The SMILES string of the molecule is C=Cc1ccc2c(c1)c1c(N)ncnc1n2CC(=O)N1[C@@H]2C[C@@H]2C[C@H]1C(=O)Nc1cccc(Br)n1. The van der Waals surface area contributed by atoms with E-state index in [9.17, 15) is 9.59 Å². The Morgan fingerprint density at radius 2 is 2.09 bits per heavy atom. The maximum absolute atomic E-state index is 13.7. The molecule has 0 bridgehead atoms. The average molecular weight is 532 g/mol. The molecule has 10 heteroatoms. The summed E-state index contributed by atoms with van der Waals surface area (Å²) in [7, 11) is 0. The van der Waals surface area contributed by atoms with Crippen LogP contribution >= 0.6 is 15.9 Å². The Hall–Kier alpha value is -3.79. The van der Waals surface area contributed by atoms with Gasteiger partial charge in [-0.1, -0.05) is 24.8 Å². The van der Waals surface area contributed by atoms with Gasteiger partial charge in [0.1, 0.15) is 40.8 Å². The Balaban J connectivity index is 1.33. The number of aromatic nitrogens is 4. The minimum Gasteiger partial charge on any atom is -0.383 e. The van der Waals surface area contributed by atoms with Crippen LogP contribution in [0.4, 0.5) is 11.6 Å². The molecule has 0 unspecified atom stereocenters. The number of likely N-dealkylation sites (tertiary alicyclic amines) is 1. The summed E-state index contributed by atoms with van der Waals surface area (Å²) in [5, 5.41) is 4.43. The molecule has 176 valence electrons. The van der Waals surface area contributed by atoms with Crippen molar-refractivity contribution in [3.63, 3.8) is 0 Å². The van der Waals surface area contributed by atoms with Gasteiger partial charge in [-0.2, -0.15) is 0 Å². The van der Waals surface area contributed by atoms with Crippen LogP contribution in [0.5, 0.6) is 0 Å². The first-order valence-corrected chi connectivity index (χ1v) is 12.1. The summed E-state index contributed by atoms with van der Waals surface area (Å²) >= 11 is 3.32. The van der Waals surface area contributed by atoms with Gasteiger partial charge in [0.25, 0.3) is 0 Å². The number of piperidine rings is 1. The smallest absolute Gasteiger partial charge is 0.248 e. The lowest BCUT2D eigenvalue weighted by Gasteiger charge is -2.27. The van der Waals surface area contributed by atoms with Crippen LogP contribution in [0.1, 0.15) is 18.4 Å². The van der Waals surface area contributed by atoms with E-state index >= 15 is 0 Å². The monoisotopic (exact) mass is 531 g/mol. The molecule has 4 aromatic rings. The highest BCUT2D eigenvalue weighted by Crippen LogP contribution is 2.48. The number of nitrogens with one attached hydrogen (secondary N) is 1. The van der Waals surface area contributed by atoms with Gasteiger partial charge in [-0.25, -0.2) is 15.0 Å². The van der Waals surface area contributed by atoms with Crippen molar-refractivity contribution in [3.8, 4) is 0 Å². The number of benzene rings is 1. The van der Waals surface area contributed by atoms with E-state index < -0.39 is 6.04 Å². The van der Waals surface area contributed by atoms with Crippen molar-refractivity contribution in [1.29, 1.82) is 0 Å². The molecule has 3 atom stereocenters. The van der Waals surface area contributed by atoms with E-state index in [0.717, 1.165) is 22.9 Å². The standard InChI is InChI=1S/C25H22BrN7O2/c1-2-13-6-7-16-15(8-13)22-23(27)28-12-29-24(22)32(16)11-21(34)33-17-9-14(17)10-18(33)25(35)31-20-5-3-4-19(26)30-20/h2-8,12,14,17-18H,1,9-11H2,(H2,27,28,29)(H,30,31,35)/t14-,17-,18+/m1/s1. The molecule has 1 saturated heterocycles. The molecule has 0 spiro atoms. The van der Waals surface area contributed by atoms with Gasteiger partial charge >= 0.3 is 0 Å². The van der Waals surface area contributed by atoms with Crippen molar-refractivity contribution in [2.45, 2.75) is 31.5 Å². The van der Waals surface area contributed by atoms with Crippen LogP contribution in [0.25, 0.3) is 28.0 Å². The second-order valence-corrected chi connectivity index (χ2v) is 9.79. The molecule has 2 aliphatic rings. The van der Waals surface area contributed by atoms with Crippen LogP contribution in [0.2, 0.25) is 0 Å². The van der Waals surface area contributed by atoms with E-state index in [2.05, 4.69) is 42.8 Å². The third kappa shape index (κ3) is 3.65. The van der Waals surface area contributed by atoms with Gasteiger partial charge < -0.3 is 20.5 Å². The lowest BCUT2D eigenvalue weighted by molar-refractivity contribution is -0.138. The highest BCUT2D eigenvalue weighted by atomic mass is 79.9. The minimum absolute atomic E-state index is 0.0476. The molecule has 3 N–H and O–H groups in total. The third-order valence-corrected chi connectivity index (χ3v) is 7.33. The molecule has 6 rings (SSSR count). The Bertz CT molecular complexity index is 1530. The fourth-order valence-corrected chi connectivity index (χ4v) is 5.54. The first-order chi connectivity index (χ1) is 16.9. The van der Waals surface area contributed by atoms with Gasteiger partial charge in [0.15, 0.2) is 0 Å². The maximum atomic E-state index is 13.7. The lowest BCUT2D eigenvalue weighted by atomic mass is 10.1. The number of hydrogen-bond acceptors (Lipinski definition) is 6. The predicted octanol–water partition coefficient (Wildman–Crippen LogP) is 3.60. The van der Waals surface area contributed by atoms with Gasteiger partial charge in [-0.05, 0) is 64.5 Å². The van der Waals surface area contributed by atoms with E-state index in [-0.39, 0.29) is 24.4 Å². The van der Waals surface area contributed by atoms with Gasteiger partial charge in [0.2, 0.25) is 11.8 Å². The maximum Gasteiger partial charge on any atom is 0.248 e. The average Bonchev–Trinajstić information content (AvgIpc) is 3.39. The van der Waals surface area contributed by atoms with E-state index in [1.807, 2.05) is 22.8 Å². The van der Waals surface area contributed by atoms with Gasteiger partial charge in [-0.15, -0.1) is 0 Å². The first-order valence-electron chi connectivity index (χ1n) is 11.3. The lowest BCUT2D eigenvalue weighted by Crippen LogP contribution is -2.46. The Morgan fingerprint density at radius 3 is 2.89 bits per heavy atom. The van der Waals surface area contributed by atoms with Crippen LogP contribution in [0, 0.1) is 5.92 Å². The number of amides is 2. The topological polar surface area (TPSA) is 119 Å². The number of rotatable bonds is 5. The van der Waals surface area contributed by atoms with Crippen molar-refractivity contribution in [3.05, 3.63) is 59.5 Å². The number of hydrogen-bond donors (Lipinski definition) is 2. The second-order valence-electron chi connectivity index (χ2n) is 8.97. The number of nitrogens with zero attached hydrogens (tertiary/aromatic N) is 5. The molecule has 1 aliphatic heterocycles. The molecule has 1 saturated carbocycles. The summed E-state index contributed by atoms with van der Waals surface area (Å²) in [5.41, 5.74) is 8.56. The normalized spacial score (nSPS) is 20.7. The predicted molar refractivity (Wildman–Crippen MR) is 137 cm³/mol. The van der Waals surface area contributed by atoms with Crippen molar-refractivity contribution in [2.24, 2.45) is 5.92 Å². The largest absolute Gasteiger partial charge is 0.383 e. The Morgan fingerprint density at radius 1 is 1.23 bits per heavy atom. The summed E-state index contributed by atoms with van der Waals surface area (Å²) < 4.78 is 2.49. The van der Waals surface area contributed by atoms with Crippen LogP contribution in [0.3, 0.4) is 0 Å². The highest BCUT2D eigenvalue weighted by molar-refractivity contribution is 9.10. The molecule has 2 fully saturated rings. The molecule has 0 radical (unpaired) electrons. The molecular formula is C25H22BrN7O2. The molecular weight excluding hydrogens is 510 g/mol. The van der Waals surface area contributed by atoms with Crippen LogP contribution < -0.4 is 11.1 Å². The Kier molecular flexibility index (Phi) is 5.06. The number of halogens is 1. The summed E-state index contributed by atoms with van der Waals surface area (Å²) in [5.74, 6) is 0.817. The van der Waals surface area contributed by atoms with Crippen LogP contribution in [-0.2, 0) is 16.1 Å². The summed E-state index contributed by atoms with van der Waals surface area (Å²) in [6.45, 7) is 3.89. The van der Waals surface area contributed by atoms with E-state index in [1.165, 1.54) is 6.33 Å². The quantitative estimate of drug-likeness (QED) is 0.379. The number of anilines is 2. The first kappa shape index (κ1) is 21.7. The number of carbonyl (C=O) groups is 2. The zero-order valence-electron chi connectivity index (χ0n) is 18.7. The van der Waals surface area contributed by atoms with Gasteiger partial charge in [0, 0.05) is 11.4 Å². The van der Waals surface area contributed by atoms with E-state index in [0.29, 0.717) is 39.6 Å². The molecule has 1 aromatic carbocycles. The van der Waals surface area contributed by atoms with Crippen molar-refractivity contribution >= 4 is 67.4 Å². The van der Waals surface area contributed by atoms with Gasteiger partial charge in [-0.3, -0.25) is 9.59 Å². The highest BCUT2D eigenvalue weighted by Gasteiger charge is 2.56. The molecule has 35 heavy (non-hydrogen) atoms. The molecule has 3 aromatic heterocycles. The van der Waals surface area contributed by atoms with Crippen LogP contribution in [0.15, 0.2) is 53.9 Å². The number of carbonyl (C=O) groups excluding carboxylic acids is 2. The molecule has 9 nitrogen and oxygen atoms in total. The van der Waals surface area contributed by atoms with Crippen molar-refractivity contribution in [2.75, 3.05) is 11.1 Å². The van der Waals surface area contributed by atoms with Crippen LogP contribution in [-0.4, -0.2) is 48.3 Å². The minimum atomic E-state index is -0.535. The van der Waals surface area contributed by atoms with E-state index in [1.54, 1.807) is 29.2 Å². The van der Waals surface area contributed by atoms with Crippen molar-refractivity contribution < 1.29 is 9.59 Å². The molecule has 2 amide bonds. The molecule has 4 heterocycles. The van der Waals surface area contributed by atoms with Crippen molar-refractivity contribution in [1.82, 2.24) is 24.4 Å². The number of fused-ring (bicyclic) bond motifs is 4. The number of pyridine rings is 1.